The summed E-state index contributed by atoms with van der Waals surface area (Å²) in [6, 6.07) is 14.1. The van der Waals surface area contributed by atoms with E-state index in [4.69, 9.17) is 9.47 Å². The first-order chi connectivity index (χ1) is 14.6. The molecule has 0 aliphatic rings. The number of nitrogens with zero attached hydrogens (tertiary/aromatic N) is 3. The van der Waals surface area contributed by atoms with Gasteiger partial charge in [-0.2, -0.15) is 5.10 Å². The maximum absolute atomic E-state index is 12.3. The number of hydrogen-bond acceptors (Lipinski definition) is 7. The van der Waals surface area contributed by atoms with E-state index in [0.717, 1.165) is 0 Å². The Morgan fingerprint density at radius 2 is 1.43 bits per heavy atom. The smallest absolute Gasteiger partial charge is 0.246 e. The van der Waals surface area contributed by atoms with Crippen molar-refractivity contribution in [2.24, 2.45) is 0 Å². The number of carbonyl (C=O) groups excluding carboxylic acids is 2. The van der Waals surface area contributed by atoms with E-state index in [1.807, 2.05) is 0 Å². The lowest BCUT2D eigenvalue weighted by molar-refractivity contribution is -0.117. The molecule has 0 aliphatic carbocycles. The number of carbonyl (C=O) groups is 2. The first-order valence-electron chi connectivity index (χ1n) is 8.96. The molecule has 0 fully saturated rings. The summed E-state index contributed by atoms with van der Waals surface area (Å²) in [6.07, 6.45) is 1.35. The van der Waals surface area contributed by atoms with Crippen molar-refractivity contribution in [2.75, 3.05) is 30.6 Å². The average Bonchev–Trinajstić information content (AvgIpc) is 3.20. The molecule has 2 N–H and O–H groups in total. The third-order valence-corrected chi connectivity index (χ3v) is 4.93. The second-order valence-electron chi connectivity index (χ2n) is 6.04. The van der Waals surface area contributed by atoms with Gasteiger partial charge in [0.25, 0.3) is 0 Å². The quantitative estimate of drug-likeness (QED) is 0.506. The molecule has 2 aromatic carbocycles. The van der Waals surface area contributed by atoms with Crippen LogP contribution in [0.4, 0.5) is 11.4 Å². The molecular formula is C20H21N5O4S. The molecular weight excluding hydrogens is 406 g/mol. The minimum atomic E-state index is -0.254. The summed E-state index contributed by atoms with van der Waals surface area (Å²) in [4.78, 5) is 28.6. The van der Waals surface area contributed by atoms with Crippen LogP contribution in [-0.4, -0.2) is 46.6 Å². The molecule has 30 heavy (non-hydrogen) atoms. The normalized spacial score (nSPS) is 10.3. The Kier molecular flexibility index (Phi) is 7.28. The van der Waals surface area contributed by atoms with Crippen LogP contribution < -0.4 is 20.1 Å². The summed E-state index contributed by atoms with van der Waals surface area (Å²) in [5.74, 6) is 1.10. The van der Waals surface area contributed by atoms with E-state index in [2.05, 4.69) is 20.7 Å². The minimum Gasteiger partial charge on any atom is -0.497 e. The molecule has 0 atom stereocenters. The number of anilines is 2. The lowest BCUT2D eigenvalue weighted by Crippen LogP contribution is -2.20. The number of benzene rings is 2. The zero-order valence-electron chi connectivity index (χ0n) is 16.5. The van der Waals surface area contributed by atoms with Crippen LogP contribution in [0.25, 0.3) is 0 Å². The predicted octanol–water partition coefficient (Wildman–Crippen LogP) is 2.66. The molecule has 0 radical (unpaired) electrons. The number of methoxy groups -OCH3 is 2. The highest BCUT2D eigenvalue weighted by molar-refractivity contribution is 7.99. The summed E-state index contributed by atoms with van der Waals surface area (Å²) in [5.41, 5.74) is 1.32. The summed E-state index contributed by atoms with van der Waals surface area (Å²) >= 11 is 1.20. The molecule has 0 spiro atoms. The maximum atomic E-state index is 12.3. The van der Waals surface area contributed by atoms with Crippen molar-refractivity contribution >= 4 is 35.0 Å². The Bertz CT molecular complexity index is 989. The highest BCUT2D eigenvalue weighted by Crippen LogP contribution is 2.18. The lowest BCUT2D eigenvalue weighted by Gasteiger charge is -2.08. The van der Waals surface area contributed by atoms with Gasteiger partial charge in [-0.25, -0.2) is 9.67 Å². The maximum Gasteiger partial charge on any atom is 0.246 e. The molecule has 9 nitrogen and oxygen atoms in total. The van der Waals surface area contributed by atoms with Gasteiger partial charge in [-0.05, 0) is 48.5 Å². The second-order valence-corrected chi connectivity index (χ2v) is 6.98. The number of ether oxygens (including phenoxy) is 2. The first kappa shape index (κ1) is 21.2. The van der Waals surface area contributed by atoms with Crippen molar-refractivity contribution in [3.8, 4) is 11.5 Å². The fraction of sp³-hybridized carbons (Fsp3) is 0.200. The number of thioether (sulfide) groups is 1. The third kappa shape index (κ3) is 5.98. The van der Waals surface area contributed by atoms with E-state index in [1.165, 1.54) is 22.8 Å². The Labute approximate surface area is 177 Å². The van der Waals surface area contributed by atoms with Gasteiger partial charge in [0.1, 0.15) is 24.4 Å². The van der Waals surface area contributed by atoms with Gasteiger partial charge in [0.15, 0.2) is 5.16 Å². The van der Waals surface area contributed by atoms with Crippen molar-refractivity contribution in [1.82, 2.24) is 14.8 Å². The fourth-order valence-electron chi connectivity index (χ4n) is 2.49. The molecule has 0 aliphatic heterocycles. The van der Waals surface area contributed by atoms with E-state index < -0.39 is 0 Å². The van der Waals surface area contributed by atoms with Gasteiger partial charge in [0, 0.05) is 11.4 Å². The van der Waals surface area contributed by atoms with Crippen molar-refractivity contribution in [3.63, 3.8) is 0 Å². The highest BCUT2D eigenvalue weighted by atomic mass is 32.2. The highest BCUT2D eigenvalue weighted by Gasteiger charge is 2.12. The largest absolute Gasteiger partial charge is 0.497 e. The second kappa shape index (κ2) is 10.3. The van der Waals surface area contributed by atoms with E-state index >= 15 is 0 Å². The van der Waals surface area contributed by atoms with Crippen LogP contribution in [0.15, 0.2) is 60.0 Å². The molecule has 0 unspecified atom stereocenters. The van der Waals surface area contributed by atoms with E-state index in [-0.39, 0.29) is 24.1 Å². The van der Waals surface area contributed by atoms with Gasteiger partial charge in [0.05, 0.1) is 20.0 Å². The van der Waals surface area contributed by atoms with Gasteiger partial charge in [-0.1, -0.05) is 11.8 Å². The van der Waals surface area contributed by atoms with Gasteiger partial charge in [-0.15, -0.1) is 0 Å². The standard InChI is InChI=1S/C20H21N5O4S/c1-28-16-7-3-14(4-8-16)23-18(26)11-25-20(21-13-22-25)30-12-19(27)24-15-5-9-17(29-2)10-6-15/h3-10,13H,11-12H2,1-2H3,(H,23,26)(H,24,27). The minimum absolute atomic E-state index is 0.0194. The van der Waals surface area contributed by atoms with E-state index in [9.17, 15) is 9.59 Å². The number of rotatable bonds is 9. The average molecular weight is 427 g/mol. The Hall–Kier alpha value is -3.53. The Morgan fingerprint density at radius 1 is 0.900 bits per heavy atom. The molecule has 0 saturated heterocycles. The van der Waals surface area contributed by atoms with Gasteiger partial charge in [0.2, 0.25) is 11.8 Å². The predicted molar refractivity (Wildman–Crippen MR) is 114 cm³/mol. The van der Waals surface area contributed by atoms with Crippen molar-refractivity contribution in [1.29, 1.82) is 0 Å². The number of hydrogen-bond donors (Lipinski definition) is 2. The van der Waals surface area contributed by atoms with Crippen LogP contribution in [0.2, 0.25) is 0 Å². The summed E-state index contributed by atoms with van der Waals surface area (Å²) in [7, 11) is 3.16. The number of amides is 2. The van der Waals surface area contributed by atoms with Crippen molar-refractivity contribution < 1.29 is 19.1 Å². The topological polar surface area (TPSA) is 107 Å². The van der Waals surface area contributed by atoms with Crippen LogP contribution in [0.3, 0.4) is 0 Å². The number of nitrogens with one attached hydrogen (secondary N) is 2. The SMILES string of the molecule is COc1ccc(NC(=O)CSc2ncnn2CC(=O)Nc2ccc(OC)cc2)cc1. The van der Waals surface area contributed by atoms with Crippen molar-refractivity contribution in [3.05, 3.63) is 54.9 Å². The molecule has 0 bridgehead atoms. The van der Waals surface area contributed by atoms with Crippen LogP contribution in [-0.2, 0) is 16.1 Å². The van der Waals surface area contributed by atoms with Crippen LogP contribution >= 0.6 is 11.8 Å². The Balaban J connectivity index is 1.50. The molecule has 0 saturated carbocycles. The molecule has 3 rings (SSSR count). The third-order valence-electron chi connectivity index (χ3n) is 3.95. The van der Waals surface area contributed by atoms with E-state index in [0.29, 0.717) is 28.0 Å². The van der Waals surface area contributed by atoms with Gasteiger partial charge in [-0.3, -0.25) is 9.59 Å². The zero-order chi connectivity index (χ0) is 21.3. The molecule has 156 valence electrons. The summed E-state index contributed by atoms with van der Waals surface area (Å²) in [6.45, 7) is -0.0194. The number of aromatic nitrogens is 3. The van der Waals surface area contributed by atoms with Gasteiger partial charge < -0.3 is 20.1 Å². The van der Waals surface area contributed by atoms with Gasteiger partial charge >= 0.3 is 0 Å². The molecule has 3 aromatic rings. The first-order valence-corrected chi connectivity index (χ1v) is 9.94. The fourth-order valence-corrected chi connectivity index (χ4v) is 3.20. The summed E-state index contributed by atoms with van der Waals surface area (Å²) < 4.78 is 11.6. The summed E-state index contributed by atoms with van der Waals surface area (Å²) in [5, 5.41) is 10.1. The molecule has 2 amide bonds. The van der Waals surface area contributed by atoms with Crippen LogP contribution in [0, 0.1) is 0 Å². The molecule has 1 aromatic heterocycles. The Morgan fingerprint density at radius 3 is 1.97 bits per heavy atom. The van der Waals surface area contributed by atoms with E-state index in [1.54, 1.807) is 62.8 Å². The van der Waals surface area contributed by atoms with Crippen LogP contribution in [0.5, 0.6) is 11.5 Å². The van der Waals surface area contributed by atoms with Crippen molar-refractivity contribution in [2.45, 2.75) is 11.7 Å². The monoisotopic (exact) mass is 427 g/mol. The zero-order valence-corrected chi connectivity index (χ0v) is 17.3. The lowest BCUT2D eigenvalue weighted by atomic mass is 10.3. The molecule has 10 heteroatoms. The van der Waals surface area contributed by atoms with Crippen LogP contribution in [0.1, 0.15) is 0 Å². The molecule has 1 heterocycles.